The second kappa shape index (κ2) is 4.71. The average Bonchev–Trinajstić information content (AvgIpc) is 2.41. The van der Waals surface area contributed by atoms with E-state index in [4.69, 9.17) is 27.4 Å². The van der Waals surface area contributed by atoms with Crippen LogP contribution in [0.2, 0.25) is 5.15 Å². The van der Waals surface area contributed by atoms with Crippen molar-refractivity contribution in [2.45, 2.75) is 37.6 Å². The molecular formula is C9H12Cl2N2O4S. The first-order valence-corrected chi connectivity index (χ1v) is 7.56. The number of carboxylic acids is 1. The Morgan fingerprint density at radius 3 is 2.22 bits per heavy atom. The number of hydrogen-bond acceptors (Lipinski definition) is 4. The largest absolute Gasteiger partial charge is 0.480 e. The molecule has 0 aromatic carbocycles. The number of carboxylic acid groups (broad SMARTS) is 1. The van der Waals surface area contributed by atoms with Gasteiger partial charge < -0.3 is 5.11 Å². The van der Waals surface area contributed by atoms with Crippen LogP contribution in [0, 0.1) is 0 Å². The normalized spacial score (nSPS) is 12.7. The van der Waals surface area contributed by atoms with Gasteiger partial charge >= 0.3 is 5.97 Å². The molecular weight excluding hydrogens is 303 g/mol. The second-order valence-electron chi connectivity index (χ2n) is 4.71. The fraction of sp³-hybridized carbons (Fsp3) is 0.556. The number of carbonyl (C=O) groups is 1. The molecule has 0 aliphatic rings. The molecule has 0 amide bonds. The number of aromatic nitrogens is 2. The summed E-state index contributed by atoms with van der Waals surface area (Å²) in [5, 5.41) is 12.3. The van der Waals surface area contributed by atoms with Gasteiger partial charge in [-0.2, -0.15) is 5.10 Å². The summed E-state index contributed by atoms with van der Waals surface area (Å²) in [4.78, 5) is 10.3. The minimum Gasteiger partial charge on any atom is -0.480 e. The van der Waals surface area contributed by atoms with E-state index in [1.165, 1.54) is 0 Å². The molecule has 0 bridgehead atoms. The summed E-state index contributed by atoms with van der Waals surface area (Å²) < 4.78 is 23.9. The van der Waals surface area contributed by atoms with Gasteiger partial charge in [0.15, 0.2) is 0 Å². The molecule has 0 spiro atoms. The van der Waals surface area contributed by atoms with E-state index in [0.717, 1.165) is 4.68 Å². The highest BCUT2D eigenvalue weighted by atomic mass is 35.7. The summed E-state index contributed by atoms with van der Waals surface area (Å²) in [7, 11) is 1.21. The lowest BCUT2D eigenvalue weighted by molar-refractivity contribution is -0.137. The molecule has 1 aromatic heterocycles. The van der Waals surface area contributed by atoms with Crippen LogP contribution >= 0.6 is 22.3 Å². The van der Waals surface area contributed by atoms with E-state index in [2.05, 4.69) is 5.10 Å². The van der Waals surface area contributed by atoms with Crippen molar-refractivity contribution in [2.75, 3.05) is 0 Å². The highest BCUT2D eigenvalue weighted by molar-refractivity contribution is 8.13. The van der Waals surface area contributed by atoms with Crippen LogP contribution in [0.25, 0.3) is 0 Å². The van der Waals surface area contributed by atoms with E-state index in [1.54, 1.807) is 20.8 Å². The molecule has 0 fully saturated rings. The Balaban J connectivity index is 3.57. The molecule has 102 valence electrons. The van der Waals surface area contributed by atoms with Gasteiger partial charge in [0.25, 0.3) is 9.05 Å². The molecule has 0 radical (unpaired) electrons. The maximum Gasteiger partial charge on any atom is 0.325 e. The Morgan fingerprint density at radius 2 is 1.94 bits per heavy atom. The van der Waals surface area contributed by atoms with E-state index in [9.17, 15) is 13.2 Å². The fourth-order valence-corrected chi connectivity index (χ4v) is 3.30. The lowest BCUT2D eigenvalue weighted by atomic mass is 9.92. The molecule has 0 aliphatic heterocycles. The van der Waals surface area contributed by atoms with Crippen LogP contribution in [0.1, 0.15) is 26.5 Å². The predicted molar refractivity (Wildman–Crippen MR) is 66.6 cm³/mol. The first-order valence-electron chi connectivity index (χ1n) is 4.88. The van der Waals surface area contributed by atoms with Gasteiger partial charge in [-0.1, -0.05) is 32.4 Å². The van der Waals surface area contributed by atoms with Crippen LogP contribution in [-0.4, -0.2) is 29.3 Å². The summed E-state index contributed by atoms with van der Waals surface area (Å²) >= 11 is 5.84. The van der Waals surface area contributed by atoms with Crippen LogP contribution in [0.3, 0.4) is 0 Å². The van der Waals surface area contributed by atoms with E-state index in [0.29, 0.717) is 0 Å². The summed E-state index contributed by atoms with van der Waals surface area (Å²) in [5.74, 6) is -1.18. The Hall–Kier alpha value is -0.790. The van der Waals surface area contributed by atoms with Gasteiger partial charge in [-0.05, 0) is 0 Å². The Morgan fingerprint density at radius 1 is 1.44 bits per heavy atom. The monoisotopic (exact) mass is 314 g/mol. The van der Waals surface area contributed by atoms with Crippen molar-refractivity contribution in [1.29, 1.82) is 0 Å². The van der Waals surface area contributed by atoms with Crippen molar-refractivity contribution >= 4 is 37.3 Å². The zero-order valence-corrected chi connectivity index (χ0v) is 12.3. The topological polar surface area (TPSA) is 89.3 Å². The summed E-state index contributed by atoms with van der Waals surface area (Å²) in [6.45, 7) is 4.64. The van der Waals surface area contributed by atoms with Crippen molar-refractivity contribution in [3.05, 3.63) is 10.8 Å². The summed E-state index contributed by atoms with van der Waals surface area (Å²) in [5.41, 5.74) is -0.492. The van der Waals surface area contributed by atoms with Crippen molar-refractivity contribution in [2.24, 2.45) is 0 Å². The highest BCUT2D eigenvalue weighted by Gasteiger charge is 2.33. The number of hydrogen-bond donors (Lipinski definition) is 1. The van der Waals surface area contributed by atoms with Gasteiger partial charge in [0.2, 0.25) is 0 Å². The number of rotatable bonds is 3. The smallest absolute Gasteiger partial charge is 0.325 e. The first-order chi connectivity index (χ1) is 7.94. The molecule has 6 nitrogen and oxygen atoms in total. The molecule has 0 saturated carbocycles. The second-order valence-corrected chi connectivity index (χ2v) is 7.57. The summed E-state index contributed by atoms with van der Waals surface area (Å²) in [6.07, 6.45) is 0. The van der Waals surface area contributed by atoms with Crippen molar-refractivity contribution < 1.29 is 18.3 Å². The standard InChI is InChI=1S/C9H12Cl2N2O4S/c1-9(2,3)7-6(18(11,16)17)8(10)13(12-7)4-5(14)15/h4H2,1-3H3,(H,14,15). The zero-order valence-electron chi connectivity index (χ0n) is 9.94. The number of halogens is 2. The number of nitrogens with zero attached hydrogens (tertiary/aromatic N) is 2. The molecule has 0 saturated heterocycles. The Bertz CT molecular complexity index is 586. The molecule has 1 rings (SSSR count). The lowest BCUT2D eigenvalue weighted by Crippen LogP contribution is -2.16. The van der Waals surface area contributed by atoms with Gasteiger partial charge in [0.1, 0.15) is 16.6 Å². The van der Waals surface area contributed by atoms with Crippen molar-refractivity contribution in [3.8, 4) is 0 Å². The van der Waals surface area contributed by atoms with Crippen LogP contribution in [0.15, 0.2) is 4.90 Å². The van der Waals surface area contributed by atoms with E-state index in [-0.39, 0.29) is 15.7 Å². The number of aliphatic carboxylic acids is 1. The fourth-order valence-electron chi connectivity index (χ4n) is 1.36. The van der Waals surface area contributed by atoms with Crippen LogP contribution in [0.4, 0.5) is 0 Å². The van der Waals surface area contributed by atoms with Gasteiger partial charge in [0.05, 0.1) is 5.69 Å². The maximum absolute atomic E-state index is 11.5. The van der Waals surface area contributed by atoms with Crippen molar-refractivity contribution in [3.63, 3.8) is 0 Å². The zero-order chi connectivity index (χ0) is 14.3. The molecule has 18 heavy (non-hydrogen) atoms. The summed E-state index contributed by atoms with van der Waals surface area (Å²) in [6, 6.07) is 0. The Labute approximate surface area is 114 Å². The highest BCUT2D eigenvalue weighted by Crippen LogP contribution is 2.35. The molecule has 0 atom stereocenters. The quantitative estimate of drug-likeness (QED) is 0.860. The minimum absolute atomic E-state index is 0.142. The molecule has 0 unspecified atom stereocenters. The lowest BCUT2D eigenvalue weighted by Gasteiger charge is -2.16. The van der Waals surface area contributed by atoms with E-state index < -0.39 is 27.0 Å². The SMILES string of the molecule is CC(C)(C)c1nn(CC(=O)O)c(Cl)c1S(=O)(=O)Cl. The van der Waals surface area contributed by atoms with Gasteiger partial charge in [-0.15, -0.1) is 0 Å². The van der Waals surface area contributed by atoms with Crippen LogP contribution in [-0.2, 0) is 25.8 Å². The molecule has 1 N–H and O–H groups in total. The van der Waals surface area contributed by atoms with E-state index in [1.807, 2.05) is 0 Å². The molecule has 9 heteroatoms. The first kappa shape index (κ1) is 15.3. The van der Waals surface area contributed by atoms with E-state index >= 15 is 0 Å². The molecule has 0 aliphatic carbocycles. The van der Waals surface area contributed by atoms with Crippen LogP contribution < -0.4 is 0 Å². The minimum atomic E-state index is -4.10. The van der Waals surface area contributed by atoms with Gasteiger partial charge in [0, 0.05) is 16.1 Å². The van der Waals surface area contributed by atoms with Crippen LogP contribution in [0.5, 0.6) is 0 Å². The maximum atomic E-state index is 11.5. The molecule has 1 aromatic rings. The van der Waals surface area contributed by atoms with Gasteiger partial charge in [-0.3, -0.25) is 4.79 Å². The molecule has 1 heterocycles. The third-order valence-electron chi connectivity index (χ3n) is 2.09. The van der Waals surface area contributed by atoms with Gasteiger partial charge in [-0.25, -0.2) is 13.1 Å². The predicted octanol–water partition coefficient (Wildman–Crippen LogP) is 1.85. The Kier molecular flexibility index (Phi) is 4.00. The third-order valence-corrected chi connectivity index (χ3v) is 3.92. The average molecular weight is 315 g/mol. The third kappa shape index (κ3) is 3.15. The van der Waals surface area contributed by atoms with Crippen molar-refractivity contribution in [1.82, 2.24) is 9.78 Å².